The van der Waals surface area contributed by atoms with Gasteiger partial charge in [-0.25, -0.2) is 0 Å². The summed E-state index contributed by atoms with van der Waals surface area (Å²) in [7, 11) is 0. The van der Waals surface area contributed by atoms with Gasteiger partial charge in [0.25, 0.3) is 0 Å². The molecule has 0 saturated carbocycles. The highest BCUT2D eigenvalue weighted by atomic mass is 127. The second kappa shape index (κ2) is 5.27. The number of carbonyl (C=O) groups excluding carboxylic acids is 1. The zero-order valence-electron chi connectivity index (χ0n) is 9.45. The van der Waals surface area contributed by atoms with Gasteiger partial charge in [0.05, 0.1) is 0 Å². The van der Waals surface area contributed by atoms with Crippen molar-refractivity contribution in [3.05, 3.63) is 33.4 Å². The molecule has 1 aliphatic rings. The Morgan fingerprint density at radius 2 is 1.88 bits per heavy atom. The fourth-order valence-electron chi connectivity index (χ4n) is 2.17. The van der Waals surface area contributed by atoms with Crippen LogP contribution in [-0.2, 0) is 4.79 Å². The number of Topliss-reactive ketones (excluding diaryl/α,β-unsaturated/α-hetero) is 1. The molecule has 0 N–H and O–H groups in total. The summed E-state index contributed by atoms with van der Waals surface area (Å²) in [4.78, 5) is 13.6. The molecule has 86 valence electrons. The molecule has 1 aromatic rings. The maximum atomic E-state index is 11.2. The van der Waals surface area contributed by atoms with Crippen LogP contribution in [0.5, 0.6) is 0 Å². The van der Waals surface area contributed by atoms with Crippen LogP contribution in [-0.4, -0.2) is 23.8 Å². The van der Waals surface area contributed by atoms with Gasteiger partial charge < -0.3 is 0 Å². The minimum absolute atomic E-state index is 0.409. The summed E-state index contributed by atoms with van der Waals surface area (Å²) in [6, 6.07) is 8.90. The topological polar surface area (TPSA) is 20.3 Å². The fourth-order valence-corrected chi connectivity index (χ4v) is 3.01. The predicted molar refractivity (Wildman–Crippen MR) is 73.4 cm³/mol. The van der Waals surface area contributed by atoms with Crippen LogP contribution < -0.4 is 0 Å². The number of ketones is 1. The van der Waals surface area contributed by atoms with Crippen LogP contribution in [0.25, 0.3) is 0 Å². The lowest BCUT2D eigenvalue weighted by atomic mass is 10.0. The molecule has 0 amide bonds. The number of piperidine rings is 1. The Hall–Kier alpha value is -0.420. The lowest BCUT2D eigenvalue weighted by Gasteiger charge is -2.32. The second-order valence-electron chi connectivity index (χ2n) is 4.27. The van der Waals surface area contributed by atoms with Crippen molar-refractivity contribution in [3.63, 3.8) is 0 Å². The maximum Gasteiger partial charge on any atom is 0.135 e. The van der Waals surface area contributed by atoms with Crippen LogP contribution in [0.1, 0.15) is 31.4 Å². The molecule has 1 unspecified atom stereocenters. The number of benzene rings is 1. The van der Waals surface area contributed by atoms with Crippen LogP contribution in [0.2, 0.25) is 0 Å². The Balaban J connectivity index is 2.10. The van der Waals surface area contributed by atoms with E-state index in [-0.39, 0.29) is 0 Å². The van der Waals surface area contributed by atoms with Crippen LogP contribution in [0, 0.1) is 3.57 Å². The molecule has 1 aliphatic heterocycles. The molecule has 0 radical (unpaired) electrons. The molecule has 0 spiro atoms. The molecule has 1 fully saturated rings. The molecule has 3 heteroatoms. The molecule has 16 heavy (non-hydrogen) atoms. The van der Waals surface area contributed by atoms with Crippen LogP contribution in [0.4, 0.5) is 0 Å². The van der Waals surface area contributed by atoms with E-state index in [0.717, 1.165) is 13.1 Å². The molecule has 1 atom stereocenters. The Morgan fingerprint density at radius 3 is 2.50 bits per heavy atom. The van der Waals surface area contributed by atoms with Crippen molar-refractivity contribution in [1.82, 2.24) is 4.90 Å². The van der Waals surface area contributed by atoms with E-state index in [1.807, 2.05) is 0 Å². The highest BCUT2D eigenvalue weighted by Gasteiger charge is 2.22. The predicted octanol–water partition coefficient (Wildman–Crippen LogP) is 3.02. The molecule has 0 bridgehead atoms. The number of carbonyl (C=O) groups is 1. The third kappa shape index (κ3) is 2.63. The Labute approximate surface area is 110 Å². The van der Waals surface area contributed by atoms with Crippen LogP contribution in [0.15, 0.2) is 24.3 Å². The van der Waals surface area contributed by atoms with E-state index in [1.54, 1.807) is 0 Å². The first-order valence-corrected chi connectivity index (χ1v) is 6.76. The van der Waals surface area contributed by atoms with Gasteiger partial charge in [0.2, 0.25) is 0 Å². The van der Waals surface area contributed by atoms with Gasteiger partial charge in [-0.05, 0) is 41.1 Å². The zero-order chi connectivity index (χ0) is 11.5. The number of likely N-dealkylation sites (tertiary alicyclic amines) is 1. The van der Waals surface area contributed by atoms with Gasteiger partial charge in [-0.15, -0.1) is 0 Å². The molecule has 0 aromatic heterocycles. The van der Waals surface area contributed by atoms with Gasteiger partial charge in [-0.2, -0.15) is 0 Å². The standard InChI is InChI=1S/C13H16INO/c1-10(12-4-2-3-5-13(12)14)15-8-6-11(16)7-9-15/h2-5,10H,6-9H2,1H3. The van der Waals surface area contributed by atoms with E-state index >= 15 is 0 Å². The summed E-state index contributed by atoms with van der Waals surface area (Å²) in [5, 5.41) is 0. The summed E-state index contributed by atoms with van der Waals surface area (Å²) >= 11 is 2.38. The Kier molecular flexibility index (Phi) is 3.97. The average molecular weight is 329 g/mol. The lowest BCUT2D eigenvalue weighted by Crippen LogP contribution is -2.36. The quantitative estimate of drug-likeness (QED) is 0.778. The van der Waals surface area contributed by atoms with E-state index in [4.69, 9.17) is 0 Å². The second-order valence-corrected chi connectivity index (χ2v) is 5.43. The van der Waals surface area contributed by atoms with Gasteiger partial charge in [0, 0.05) is 35.5 Å². The zero-order valence-corrected chi connectivity index (χ0v) is 11.6. The summed E-state index contributed by atoms with van der Waals surface area (Å²) < 4.78 is 1.31. The number of halogens is 1. The molecule has 2 nitrogen and oxygen atoms in total. The summed E-state index contributed by atoms with van der Waals surface area (Å²) in [6.07, 6.45) is 1.43. The highest BCUT2D eigenvalue weighted by molar-refractivity contribution is 14.1. The largest absolute Gasteiger partial charge is 0.300 e. The molecular weight excluding hydrogens is 313 g/mol. The molecule has 1 saturated heterocycles. The van der Waals surface area contributed by atoms with Gasteiger partial charge in [-0.3, -0.25) is 9.69 Å². The Bertz CT molecular complexity index is 381. The minimum Gasteiger partial charge on any atom is -0.300 e. The van der Waals surface area contributed by atoms with Crippen molar-refractivity contribution in [3.8, 4) is 0 Å². The van der Waals surface area contributed by atoms with Crippen molar-refractivity contribution in [2.45, 2.75) is 25.8 Å². The summed E-state index contributed by atoms with van der Waals surface area (Å²) in [6.45, 7) is 4.04. The van der Waals surface area contributed by atoms with Crippen LogP contribution in [0.3, 0.4) is 0 Å². The highest BCUT2D eigenvalue weighted by Crippen LogP contribution is 2.26. The fraction of sp³-hybridized carbons (Fsp3) is 0.462. The van der Waals surface area contributed by atoms with Crippen LogP contribution >= 0.6 is 22.6 Å². The smallest absolute Gasteiger partial charge is 0.135 e. The molecule has 2 rings (SSSR count). The lowest BCUT2D eigenvalue weighted by molar-refractivity contribution is -0.121. The normalized spacial score (nSPS) is 19.8. The van der Waals surface area contributed by atoms with Gasteiger partial charge in [-0.1, -0.05) is 18.2 Å². The average Bonchev–Trinajstić information content (AvgIpc) is 2.30. The number of hydrogen-bond donors (Lipinski definition) is 0. The molecule has 0 aliphatic carbocycles. The molecule has 1 heterocycles. The van der Waals surface area contributed by atoms with E-state index in [9.17, 15) is 4.79 Å². The van der Waals surface area contributed by atoms with Crippen molar-refractivity contribution in [1.29, 1.82) is 0 Å². The first-order chi connectivity index (χ1) is 7.68. The maximum absolute atomic E-state index is 11.2. The van der Waals surface area contributed by atoms with E-state index in [1.165, 1.54) is 9.13 Å². The van der Waals surface area contributed by atoms with E-state index in [2.05, 4.69) is 58.7 Å². The SMILES string of the molecule is CC(c1ccccc1I)N1CCC(=O)CC1. The first-order valence-electron chi connectivity index (χ1n) is 5.68. The van der Waals surface area contributed by atoms with Crippen molar-refractivity contribution in [2.75, 3.05) is 13.1 Å². The van der Waals surface area contributed by atoms with Gasteiger partial charge >= 0.3 is 0 Å². The monoisotopic (exact) mass is 329 g/mol. The number of hydrogen-bond acceptors (Lipinski definition) is 2. The number of nitrogens with zero attached hydrogens (tertiary/aromatic N) is 1. The number of rotatable bonds is 2. The van der Waals surface area contributed by atoms with Crippen molar-refractivity contribution in [2.24, 2.45) is 0 Å². The van der Waals surface area contributed by atoms with Crippen molar-refractivity contribution >= 4 is 28.4 Å². The first kappa shape index (κ1) is 12.0. The van der Waals surface area contributed by atoms with Gasteiger partial charge in [0.1, 0.15) is 5.78 Å². The third-order valence-electron chi connectivity index (χ3n) is 3.26. The van der Waals surface area contributed by atoms with Crippen molar-refractivity contribution < 1.29 is 4.79 Å². The molecular formula is C13H16INO. The summed E-state index contributed by atoms with van der Waals surface area (Å²) in [5.41, 5.74) is 1.37. The van der Waals surface area contributed by atoms with Gasteiger partial charge in [0.15, 0.2) is 0 Å². The Morgan fingerprint density at radius 1 is 1.25 bits per heavy atom. The van der Waals surface area contributed by atoms with E-state index < -0.39 is 0 Å². The molecule has 1 aromatic carbocycles. The minimum atomic E-state index is 0.409. The third-order valence-corrected chi connectivity index (χ3v) is 4.24. The summed E-state index contributed by atoms with van der Waals surface area (Å²) in [5.74, 6) is 0.409. The van der Waals surface area contributed by atoms with E-state index in [0.29, 0.717) is 24.7 Å².